The zero-order valence-corrected chi connectivity index (χ0v) is 20.8. The lowest BCUT2D eigenvalue weighted by Crippen LogP contribution is -2.26. The van der Waals surface area contributed by atoms with Crippen LogP contribution in [0.4, 0.5) is 5.00 Å². The van der Waals surface area contributed by atoms with Crippen LogP contribution in [-0.2, 0) is 29.0 Å². The summed E-state index contributed by atoms with van der Waals surface area (Å²) in [5.41, 5.74) is 3.88. The molecule has 1 N–H and O–H groups in total. The van der Waals surface area contributed by atoms with Gasteiger partial charge in [-0.25, -0.2) is 4.98 Å². The molecule has 168 valence electrons. The molecule has 0 aliphatic heterocycles. The van der Waals surface area contributed by atoms with Gasteiger partial charge in [-0.3, -0.25) is 4.79 Å². The topological polar surface area (TPSA) is 98.8 Å². The van der Waals surface area contributed by atoms with Crippen molar-refractivity contribution >= 4 is 34.0 Å². The molecule has 0 aromatic carbocycles. The molecule has 2 aromatic heterocycles. The highest BCUT2D eigenvalue weighted by Crippen LogP contribution is 2.44. The van der Waals surface area contributed by atoms with Gasteiger partial charge in [0.15, 0.2) is 0 Å². The van der Waals surface area contributed by atoms with E-state index in [4.69, 9.17) is 4.74 Å². The van der Waals surface area contributed by atoms with Crippen molar-refractivity contribution in [3.63, 3.8) is 0 Å². The molecular weight excluding hydrogens is 440 g/mol. The molecule has 0 saturated carbocycles. The molecule has 1 amide bonds. The third kappa shape index (κ3) is 5.32. The van der Waals surface area contributed by atoms with Crippen LogP contribution in [0.25, 0.3) is 0 Å². The number of carbonyl (C=O) groups excluding carboxylic acids is 1. The van der Waals surface area contributed by atoms with Crippen LogP contribution in [0.2, 0.25) is 0 Å². The van der Waals surface area contributed by atoms with Crippen molar-refractivity contribution in [1.29, 1.82) is 10.5 Å². The standard InChI is InChI=1S/C24H28N4O2S2/c1-14-8-15(12-30-5)18(10-25)22(27-14)31-13-21(29)28-23-19(11-26)17-7-6-16(24(2,3)4)9-20(17)32-23/h8,16H,6-7,9,12-13H2,1-5H3,(H,28,29). The minimum absolute atomic E-state index is 0.107. The van der Waals surface area contributed by atoms with Crippen LogP contribution in [0.5, 0.6) is 0 Å². The third-order valence-electron chi connectivity index (χ3n) is 5.80. The van der Waals surface area contributed by atoms with Gasteiger partial charge in [-0.05, 0) is 54.7 Å². The number of aromatic nitrogens is 1. The predicted octanol–water partition coefficient (Wildman–Crippen LogP) is 5.22. The van der Waals surface area contributed by atoms with Crippen molar-refractivity contribution in [1.82, 2.24) is 4.98 Å². The van der Waals surface area contributed by atoms with Gasteiger partial charge in [0.1, 0.15) is 22.2 Å². The molecule has 2 heterocycles. The van der Waals surface area contributed by atoms with E-state index >= 15 is 0 Å². The van der Waals surface area contributed by atoms with E-state index in [1.807, 2.05) is 13.0 Å². The summed E-state index contributed by atoms with van der Waals surface area (Å²) in [5.74, 6) is 0.464. The molecule has 1 aliphatic rings. The monoisotopic (exact) mass is 468 g/mol. The number of anilines is 1. The maximum Gasteiger partial charge on any atom is 0.235 e. The van der Waals surface area contributed by atoms with Gasteiger partial charge in [-0.15, -0.1) is 11.3 Å². The van der Waals surface area contributed by atoms with Crippen LogP contribution in [0.15, 0.2) is 11.1 Å². The summed E-state index contributed by atoms with van der Waals surface area (Å²) < 4.78 is 5.18. The summed E-state index contributed by atoms with van der Waals surface area (Å²) in [6, 6.07) is 6.31. The Morgan fingerprint density at radius 3 is 2.69 bits per heavy atom. The number of thioether (sulfide) groups is 1. The van der Waals surface area contributed by atoms with E-state index in [9.17, 15) is 15.3 Å². The molecule has 1 atom stereocenters. The molecule has 1 aliphatic carbocycles. The lowest BCUT2D eigenvalue weighted by molar-refractivity contribution is -0.113. The highest BCUT2D eigenvalue weighted by molar-refractivity contribution is 8.00. The minimum atomic E-state index is -0.210. The van der Waals surface area contributed by atoms with Crippen molar-refractivity contribution in [2.75, 3.05) is 18.2 Å². The summed E-state index contributed by atoms with van der Waals surface area (Å²) in [6.45, 7) is 8.94. The van der Waals surface area contributed by atoms with E-state index in [0.29, 0.717) is 33.7 Å². The number of hydrogen-bond donors (Lipinski definition) is 1. The van der Waals surface area contributed by atoms with Crippen LogP contribution in [0.3, 0.4) is 0 Å². The number of carbonyl (C=O) groups is 1. The Bertz CT molecular complexity index is 1100. The van der Waals surface area contributed by atoms with Gasteiger partial charge in [0.2, 0.25) is 5.91 Å². The number of hydrogen-bond acceptors (Lipinski definition) is 7. The molecule has 32 heavy (non-hydrogen) atoms. The number of nitrogens with one attached hydrogen (secondary N) is 1. The first-order valence-corrected chi connectivity index (χ1v) is 12.3. The van der Waals surface area contributed by atoms with E-state index in [-0.39, 0.29) is 17.1 Å². The van der Waals surface area contributed by atoms with Gasteiger partial charge in [0.25, 0.3) is 0 Å². The molecule has 3 rings (SSSR count). The highest BCUT2D eigenvalue weighted by Gasteiger charge is 2.32. The number of rotatable bonds is 6. The molecular formula is C24H28N4O2S2. The Balaban J connectivity index is 1.74. The van der Waals surface area contributed by atoms with Crippen LogP contribution < -0.4 is 5.32 Å². The lowest BCUT2D eigenvalue weighted by atomic mass is 9.72. The van der Waals surface area contributed by atoms with E-state index in [1.54, 1.807) is 7.11 Å². The maximum atomic E-state index is 12.7. The first kappa shape index (κ1) is 24.3. The Labute approximate surface area is 198 Å². The highest BCUT2D eigenvalue weighted by atomic mass is 32.2. The SMILES string of the molecule is COCc1cc(C)nc(SCC(=O)Nc2sc3c(c2C#N)CCC(C(C)(C)C)C3)c1C#N. The number of methoxy groups -OCH3 is 1. The molecule has 0 saturated heterocycles. The summed E-state index contributed by atoms with van der Waals surface area (Å²) >= 11 is 2.75. The van der Waals surface area contributed by atoms with E-state index in [0.717, 1.165) is 36.1 Å². The second kappa shape index (κ2) is 10.0. The number of thiophene rings is 1. The van der Waals surface area contributed by atoms with Crippen molar-refractivity contribution in [2.24, 2.45) is 11.3 Å². The molecule has 0 fully saturated rings. The van der Waals surface area contributed by atoms with Crippen molar-refractivity contribution in [3.05, 3.63) is 38.9 Å². The number of amides is 1. The Kier molecular flexibility index (Phi) is 7.61. The van der Waals surface area contributed by atoms with E-state index in [2.05, 4.69) is 43.2 Å². The van der Waals surface area contributed by atoms with Gasteiger partial charge in [-0.1, -0.05) is 32.5 Å². The summed E-state index contributed by atoms with van der Waals surface area (Å²) in [4.78, 5) is 18.4. The predicted molar refractivity (Wildman–Crippen MR) is 128 cm³/mol. The van der Waals surface area contributed by atoms with Crippen LogP contribution in [0.1, 0.15) is 60.0 Å². The fraction of sp³-hybridized carbons (Fsp3) is 0.500. The molecule has 1 unspecified atom stereocenters. The van der Waals surface area contributed by atoms with E-state index in [1.165, 1.54) is 28.0 Å². The first-order valence-electron chi connectivity index (χ1n) is 10.5. The van der Waals surface area contributed by atoms with E-state index < -0.39 is 0 Å². The Morgan fingerprint density at radius 1 is 1.34 bits per heavy atom. The van der Waals surface area contributed by atoms with Crippen LogP contribution >= 0.6 is 23.1 Å². The number of aryl methyl sites for hydroxylation is 1. The fourth-order valence-electron chi connectivity index (χ4n) is 4.03. The van der Waals surface area contributed by atoms with Crippen LogP contribution in [-0.4, -0.2) is 23.8 Å². The van der Waals surface area contributed by atoms with Gasteiger partial charge < -0.3 is 10.1 Å². The third-order valence-corrected chi connectivity index (χ3v) is 7.95. The average Bonchev–Trinajstić information content (AvgIpc) is 3.07. The summed E-state index contributed by atoms with van der Waals surface area (Å²) in [5, 5.41) is 23.4. The van der Waals surface area contributed by atoms with Gasteiger partial charge in [0, 0.05) is 17.7 Å². The first-order chi connectivity index (χ1) is 15.2. The minimum Gasteiger partial charge on any atom is -0.380 e. The van der Waals surface area contributed by atoms with Gasteiger partial charge in [0.05, 0.1) is 23.5 Å². The van der Waals surface area contributed by atoms with Crippen molar-refractivity contribution in [2.45, 2.75) is 58.6 Å². The van der Waals surface area contributed by atoms with Gasteiger partial charge in [-0.2, -0.15) is 10.5 Å². The molecule has 2 aromatic rings. The zero-order valence-electron chi connectivity index (χ0n) is 19.2. The largest absolute Gasteiger partial charge is 0.380 e. The summed E-state index contributed by atoms with van der Waals surface area (Å²) in [7, 11) is 1.58. The second-order valence-corrected chi connectivity index (χ2v) is 11.2. The van der Waals surface area contributed by atoms with Crippen LogP contribution in [0, 0.1) is 40.9 Å². The number of nitrogens with zero attached hydrogens (tertiary/aromatic N) is 3. The van der Waals surface area contributed by atoms with Gasteiger partial charge >= 0.3 is 0 Å². The average molecular weight is 469 g/mol. The summed E-state index contributed by atoms with van der Waals surface area (Å²) in [6.07, 6.45) is 2.89. The smallest absolute Gasteiger partial charge is 0.235 e. The number of pyridine rings is 1. The molecule has 0 bridgehead atoms. The molecule has 0 spiro atoms. The second-order valence-electron chi connectivity index (χ2n) is 9.11. The fourth-order valence-corrected chi connectivity index (χ4v) is 6.20. The quantitative estimate of drug-likeness (QED) is 0.583. The molecule has 6 nitrogen and oxygen atoms in total. The number of nitriles is 2. The Morgan fingerprint density at radius 2 is 2.06 bits per heavy atom. The zero-order chi connectivity index (χ0) is 23.5. The molecule has 8 heteroatoms. The lowest BCUT2D eigenvalue weighted by Gasteiger charge is -2.33. The van der Waals surface area contributed by atoms with Crippen molar-refractivity contribution < 1.29 is 9.53 Å². The molecule has 0 radical (unpaired) electrons. The maximum absolute atomic E-state index is 12.7. The van der Waals surface area contributed by atoms with Crippen molar-refractivity contribution in [3.8, 4) is 12.1 Å². The Hall–Kier alpha value is -2.39. The normalized spacial score (nSPS) is 15.5. The number of ether oxygens (including phenoxy) is 1. The number of fused-ring (bicyclic) bond motifs is 1.